The molecule has 0 unspecified atom stereocenters. The van der Waals surface area contributed by atoms with Crippen molar-refractivity contribution in [2.45, 2.75) is 38.6 Å². The van der Waals surface area contributed by atoms with Gasteiger partial charge in [-0.15, -0.1) is 5.10 Å². The Kier molecular flexibility index (Phi) is 4.37. The molecule has 0 fully saturated rings. The Morgan fingerprint density at radius 3 is 2.82 bits per heavy atom. The standard InChI is InChI=1S/C24H21N5O5/c1-3-24(32)18-9-20-21-16(11-29(20)22(30)17(18)12-34-23(24)31)15(10-28-7-6-25-27-28)14-8-13(33-2)4-5-19(14)26-21/h4-9,32H,3,10-12H2,1-2H3/t24-/m0/s1. The number of esters is 1. The summed E-state index contributed by atoms with van der Waals surface area (Å²) in [6, 6.07) is 7.35. The zero-order valence-corrected chi connectivity index (χ0v) is 18.6. The molecule has 0 radical (unpaired) electrons. The molecule has 2 aliphatic heterocycles. The average molecular weight is 459 g/mol. The van der Waals surface area contributed by atoms with Gasteiger partial charge in [0.1, 0.15) is 12.4 Å². The van der Waals surface area contributed by atoms with Crippen molar-refractivity contribution in [2.24, 2.45) is 0 Å². The van der Waals surface area contributed by atoms with Gasteiger partial charge in [0.15, 0.2) is 5.60 Å². The van der Waals surface area contributed by atoms with E-state index in [0.717, 1.165) is 22.0 Å². The fourth-order valence-electron chi connectivity index (χ4n) is 4.93. The molecule has 1 N–H and O–H groups in total. The minimum Gasteiger partial charge on any atom is -0.497 e. The first kappa shape index (κ1) is 20.5. The van der Waals surface area contributed by atoms with E-state index in [1.807, 2.05) is 18.2 Å². The first-order chi connectivity index (χ1) is 16.4. The smallest absolute Gasteiger partial charge is 0.343 e. The molecule has 34 heavy (non-hydrogen) atoms. The summed E-state index contributed by atoms with van der Waals surface area (Å²) < 4.78 is 13.9. The molecule has 3 aromatic heterocycles. The third kappa shape index (κ3) is 2.75. The molecule has 5 heterocycles. The number of hydrogen-bond donors (Lipinski definition) is 1. The number of hydrogen-bond acceptors (Lipinski definition) is 8. The largest absolute Gasteiger partial charge is 0.497 e. The maximum atomic E-state index is 13.5. The van der Waals surface area contributed by atoms with Gasteiger partial charge >= 0.3 is 5.97 Å². The number of benzene rings is 1. The van der Waals surface area contributed by atoms with Crippen molar-refractivity contribution in [1.82, 2.24) is 24.5 Å². The number of fused-ring (bicyclic) bond motifs is 5. The number of nitrogens with zero attached hydrogens (tertiary/aromatic N) is 5. The molecule has 0 spiro atoms. The number of aliphatic hydroxyl groups is 1. The molecule has 0 saturated carbocycles. The van der Waals surface area contributed by atoms with E-state index in [4.69, 9.17) is 14.5 Å². The third-order valence-corrected chi connectivity index (χ3v) is 6.80. The van der Waals surface area contributed by atoms with Crippen molar-refractivity contribution in [3.05, 3.63) is 69.3 Å². The molecule has 1 atom stereocenters. The zero-order valence-electron chi connectivity index (χ0n) is 18.6. The van der Waals surface area contributed by atoms with E-state index in [1.54, 1.807) is 41.7 Å². The number of rotatable bonds is 4. The minimum atomic E-state index is -1.86. The number of cyclic esters (lactones) is 1. The van der Waals surface area contributed by atoms with Crippen LogP contribution in [0.1, 0.15) is 35.6 Å². The molecule has 0 amide bonds. The number of ether oxygens (including phenoxy) is 2. The second-order valence-corrected chi connectivity index (χ2v) is 8.50. The number of carbonyl (C=O) groups excluding carboxylic acids is 1. The Balaban J connectivity index is 1.63. The van der Waals surface area contributed by atoms with Gasteiger partial charge in [-0.2, -0.15) is 0 Å². The van der Waals surface area contributed by atoms with E-state index >= 15 is 0 Å². The van der Waals surface area contributed by atoms with Crippen LogP contribution in [-0.4, -0.2) is 42.7 Å². The van der Waals surface area contributed by atoms with Crippen molar-refractivity contribution in [2.75, 3.05) is 7.11 Å². The molecule has 10 heteroatoms. The maximum Gasteiger partial charge on any atom is 0.343 e. The van der Waals surface area contributed by atoms with E-state index in [1.165, 1.54) is 0 Å². The summed E-state index contributed by atoms with van der Waals surface area (Å²) in [6.45, 7) is 2.26. The quantitative estimate of drug-likeness (QED) is 0.403. The molecule has 172 valence electrons. The second kappa shape index (κ2) is 7.22. The summed E-state index contributed by atoms with van der Waals surface area (Å²) in [7, 11) is 1.61. The second-order valence-electron chi connectivity index (χ2n) is 8.50. The molecule has 6 rings (SSSR count). The average Bonchev–Trinajstić information content (AvgIpc) is 3.49. The Morgan fingerprint density at radius 2 is 2.09 bits per heavy atom. The molecule has 4 aromatic rings. The van der Waals surface area contributed by atoms with Crippen LogP contribution in [-0.2, 0) is 34.8 Å². The lowest BCUT2D eigenvalue weighted by Crippen LogP contribution is -2.44. The van der Waals surface area contributed by atoms with Crippen LogP contribution >= 0.6 is 0 Å². The number of methoxy groups -OCH3 is 1. The lowest BCUT2D eigenvalue weighted by atomic mass is 9.86. The molecule has 0 bridgehead atoms. The van der Waals surface area contributed by atoms with Crippen LogP contribution in [0, 0.1) is 0 Å². The molecular weight excluding hydrogens is 438 g/mol. The number of pyridine rings is 2. The predicted molar refractivity (Wildman–Crippen MR) is 120 cm³/mol. The number of aromatic nitrogens is 5. The van der Waals surface area contributed by atoms with Crippen LogP contribution in [0.15, 0.2) is 41.5 Å². The predicted octanol–water partition coefficient (Wildman–Crippen LogP) is 1.73. The van der Waals surface area contributed by atoms with E-state index in [-0.39, 0.29) is 18.6 Å². The van der Waals surface area contributed by atoms with Gasteiger partial charge in [-0.1, -0.05) is 12.1 Å². The highest BCUT2D eigenvalue weighted by Gasteiger charge is 2.45. The highest BCUT2D eigenvalue weighted by Crippen LogP contribution is 2.40. The summed E-state index contributed by atoms with van der Waals surface area (Å²) in [6.07, 6.45) is 3.48. The van der Waals surface area contributed by atoms with E-state index in [9.17, 15) is 14.7 Å². The Morgan fingerprint density at radius 1 is 1.24 bits per heavy atom. The maximum absolute atomic E-state index is 13.5. The molecule has 10 nitrogen and oxygen atoms in total. The van der Waals surface area contributed by atoms with Crippen LogP contribution in [0.25, 0.3) is 22.3 Å². The molecule has 0 aliphatic carbocycles. The zero-order chi connectivity index (χ0) is 23.6. The topological polar surface area (TPSA) is 121 Å². The van der Waals surface area contributed by atoms with Crippen molar-refractivity contribution in [3.8, 4) is 17.1 Å². The van der Waals surface area contributed by atoms with Crippen molar-refractivity contribution in [1.29, 1.82) is 0 Å². The third-order valence-electron chi connectivity index (χ3n) is 6.80. The normalized spacial score (nSPS) is 18.4. The first-order valence-corrected chi connectivity index (χ1v) is 11.0. The van der Waals surface area contributed by atoms with Gasteiger partial charge in [0.2, 0.25) is 0 Å². The van der Waals surface area contributed by atoms with E-state index in [2.05, 4.69) is 10.3 Å². The van der Waals surface area contributed by atoms with Crippen LogP contribution in [0.3, 0.4) is 0 Å². The van der Waals surface area contributed by atoms with Gasteiger partial charge in [-0.05, 0) is 36.2 Å². The van der Waals surface area contributed by atoms with Gasteiger partial charge < -0.3 is 19.1 Å². The van der Waals surface area contributed by atoms with Gasteiger partial charge in [0.05, 0.1) is 48.9 Å². The van der Waals surface area contributed by atoms with Crippen LogP contribution in [0.4, 0.5) is 0 Å². The highest BCUT2D eigenvalue weighted by atomic mass is 16.6. The summed E-state index contributed by atoms with van der Waals surface area (Å²) in [4.78, 5) is 30.8. The van der Waals surface area contributed by atoms with Gasteiger partial charge in [-0.25, -0.2) is 14.5 Å². The fourth-order valence-corrected chi connectivity index (χ4v) is 4.93. The number of carbonyl (C=O) groups is 1. The minimum absolute atomic E-state index is 0.0943. The molecule has 2 aliphatic rings. The Hall–Kier alpha value is -4.05. The fraction of sp³-hybridized carbons (Fsp3) is 0.292. The summed E-state index contributed by atoms with van der Waals surface area (Å²) in [5.41, 5.74) is 2.21. The van der Waals surface area contributed by atoms with Gasteiger partial charge in [0.25, 0.3) is 5.56 Å². The molecule has 1 aromatic carbocycles. The van der Waals surface area contributed by atoms with E-state index in [0.29, 0.717) is 41.4 Å². The van der Waals surface area contributed by atoms with Crippen molar-refractivity contribution in [3.63, 3.8) is 0 Å². The first-order valence-electron chi connectivity index (χ1n) is 11.0. The summed E-state index contributed by atoms with van der Waals surface area (Å²) >= 11 is 0. The Labute approximate surface area is 193 Å². The van der Waals surface area contributed by atoms with E-state index < -0.39 is 11.6 Å². The van der Waals surface area contributed by atoms with Crippen molar-refractivity contribution < 1.29 is 19.4 Å². The molecule has 0 saturated heterocycles. The van der Waals surface area contributed by atoms with Gasteiger partial charge in [0, 0.05) is 22.7 Å². The van der Waals surface area contributed by atoms with Gasteiger partial charge in [-0.3, -0.25) is 4.79 Å². The monoisotopic (exact) mass is 459 g/mol. The lowest BCUT2D eigenvalue weighted by molar-refractivity contribution is -0.172. The van der Waals surface area contributed by atoms with Crippen LogP contribution in [0.2, 0.25) is 0 Å². The highest BCUT2D eigenvalue weighted by molar-refractivity contribution is 5.90. The Bertz CT molecular complexity index is 1540. The molecular formula is C24H21N5O5. The lowest BCUT2D eigenvalue weighted by Gasteiger charge is -2.31. The van der Waals surface area contributed by atoms with Crippen LogP contribution in [0.5, 0.6) is 5.75 Å². The van der Waals surface area contributed by atoms with Crippen molar-refractivity contribution >= 4 is 16.9 Å². The summed E-state index contributed by atoms with van der Waals surface area (Å²) in [5, 5.41) is 20.0. The summed E-state index contributed by atoms with van der Waals surface area (Å²) in [5.74, 6) is -0.0450. The SMILES string of the molecule is CC[C@@]1(O)C(=O)OCc2c1cc1n(c2=O)Cc2c-1nc1ccc(OC)cc1c2Cn1ccnn1. The van der Waals surface area contributed by atoms with Crippen LogP contribution < -0.4 is 10.3 Å².